The Labute approximate surface area is 130 Å². The van der Waals surface area contributed by atoms with Gasteiger partial charge in [-0.25, -0.2) is 0 Å². The number of aliphatic carboxylic acids is 1. The number of carbonyl (C=O) groups is 2. The first kappa shape index (κ1) is 14.2. The molecule has 0 bridgehead atoms. The highest BCUT2D eigenvalue weighted by Crippen LogP contribution is 2.42. The number of nitrogens with one attached hydrogen (secondary N) is 2. The molecule has 1 aromatic carbocycles. The van der Waals surface area contributed by atoms with Crippen LogP contribution in [0.5, 0.6) is 0 Å². The molecule has 1 aromatic heterocycles. The number of aromatic nitrogens is 1. The van der Waals surface area contributed by atoms with E-state index in [0.29, 0.717) is 11.4 Å². The van der Waals surface area contributed by atoms with Crippen molar-refractivity contribution in [2.45, 2.75) is 18.8 Å². The fourth-order valence-corrected chi connectivity index (χ4v) is 2.98. The van der Waals surface area contributed by atoms with Gasteiger partial charge in [-0.05, 0) is 30.9 Å². The topological polar surface area (TPSA) is 82.2 Å². The first-order chi connectivity index (χ1) is 9.97. The summed E-state index contributed by atoms with van der Waals surface area (Å²) >= 11 is 12.4. The van der Waals surface area contributed by atoms with Crippen LogP contribution >= 0.6 is 23.2 Å². The number of carbonyl (C=O) groups excluding carboxylic acids is 1. The average Bonchev–Trinajstić information content (AvgIpc) is 3.17. The summed E-state index contributed by atoms with van der Waals surface area (Å²) in [7, 11) is 0. The summed E-state index contributed by atoms with van der Waals surface area (Å²) in [4.78, 5) is 25.8. The van der Waals surface area contributed by atoms with Crippen molar-refractivity contribution in [3.63, 3.8) is 0 Å². The van der Waals surface area contributed by atoms with E-state index in [-0.39, 0.29) is 15.6 Å². The number of H-pyrrole nitrogens is 1. The van der Waals surface area contributed by atoms with Crippen molar-refractivity contribution in [2.24, 2.45) is 0 Å². The number of aromatic amines is 1. The van der Waals surface area contributed by atoms with Crippen molar-refractivity contribution in [1.29, 1.82) is 0 Å². The molecule has 1 fully saturated rings. The van der Waals surface area contributed by atoms with E-state index in [9.17, 15) is 9.59 Å². The molecular formula is C14H12Cl2N2O3. The zero-order chi connectivity index (χ0) is 15.1. The van der Waals surface area contributed by atoms with Gasteiger partial charge in [-0.1, -0.05) is 23.2 Å². The Hall–Kier alpha value is -1.72. The number of hydrogen-bond acceptors (Lipinski definition) is 2. The number of carboxylic acid groups (broad SMARTS) is 1. The van der Waals surface area contributed by atoms with E-state index in [2.05, 4.69) is 10.3 Å². The highest BCUT2D eigenvalue weighted by atomic mass is 35.5. The molecule has 1 aliphatic rings. The van der Waals surface area contributed by atoms with E-state index >= 15 is 0 Å². The molecule has 5 nitrogen and oxygen atoms in total. The number of fused-ring (bicyclic) bond motifs is 1. The Kier molecular flexibility index (Phi) is 3.55. The molecule has 1 heterocycles. The maximum Gasteiger partial charge on any atom is 0.322 e. The third-order valence-electron chi connectivity index (χ3n) is 3.47. The van der Waals surface area contributed by atoms with Crippen LogP contribution in [0.2, 0.25) is 10.0 Å². The molecule has 0 radical (unpaired) electrons. The Morgan fingerprint density at radius 1 is 1.33 bits per heavy atom. The molecule has 3 N–H and O–H groups in total. The van der Waals surface area contributed by atoms with Crippen molar-refractivity contribution in [1.82, 2.24) is 10.3 Å². The zero-order valence-corrected chi connectivity index (χ0v) is 12.4. The second-order valence-electron chi connectivity index (χ2n) is 5.09. The van der Waals surface area contributed by atoms with Crippen LogP contribution in [0.4, 0.5) is 0 Å². The summed E-state index contributed by atoms with van der Waals surface area (Å²) in [6.07, 6.45) is 2.29. The standard InChI is InChI=1S/C14H12Cl2N2O3/c15-8-3-7-4-9(6-1-2-6)18-13(7)12(16)11(8)14(21)17-5-10(19)20/h3-4,6,18H,1-2,5H2,(H,17,21)(H,19,20). The quantitative estimate of drug-likeness (QED) is 0.807. The summed E-state index contributed by atoms with van der Waals surface area (Å²) in [5.74, 6) is -1.21. The maximum atomic E-state index is 12.0. The lowest BCUT2D eigenvalue weighted by atomic mass is 10.1. The Bertz CT molecular complexity index is 750. The number of hydrogen-bond donors (Lipinski definition) is 3. The van der Waals surface area contributed by atoms with Crippen LogP contribution in [0.3, 0.4) is 0 Å². The van der Waals surface area contributed by atoms with Crippen molar-refractivity contribution in [2.75, 3.05) is 6.54 Å². The summed E-state index contributed by atoms with van der Waals surface area (Å²) in [5.41, 5.74) is 1.84. The number of amides is 1. The third kappa shape index (κ3) is 2.71. The highest BCUT2D eigenvalue weighted by Gasteiger charge is 2.27. The van der Waals surface area contributed by atoms with Gasteiger partial charge in [0.25, 0.3) is 5.91 Å². The predicted octanol–water partition coefficient (Wildman–Crippen LogP) is 3.17. The van der Waals surface area contributed by atoms with Gasteiger partial charge in [0.15, 0.2) is 0 Å². The van der Waals surface area contributed by atoms with Crippen molar-refractivity contribution < 1.29 is 14.7 Å². The molecule has 0 spiro atoms. The van der Waals surface area contributed by atoms with Gasteiger partial charge in [0, 0.05) is 11.1 Å². The molecule has 0 unspecified atom stereocenters. The van der Waals surface area contributed by atoms with Gasteiger partial charge < -0.3 is 15.4 Å². The number of halogens is 2. The lowest BCUT2D eigenvalue weighted by Gasteiger charge is -2.08. The number of benzene rings is 1. The first-order valence-electron chi connectivity index (χ1n) is 6.48. The Morgan fingerprint density at radius 3 is 2.67 bits per heavy atom. The van der Waals surface area contributed by atoms with Gasteiger partial charge >= 0.3 is 5.97 Å². The molecule has 1 amide bonds. The molecule has 0 saturated heterocycles. The van der Waals surface area contributed by atoms with E-state index in [4.69, 9.17) is 28.3 Å². The number of carboxylic acids is 1. The molecule has 2 aromatic rings. The molecule has 3 rings (SSSR count). The summed E-state index contributed by atoms with van der Waals surface area (Å²) < 4.78 is 0. The maximum absolute atomic E-state index is 12.0. The van der Waals surface area contributed by atoms with Gasteiger partial charge in [0.1, 0.15) is 6.54 Å². The van der Waals surface area contributed by atoms with Crippen LogP contribution in [-0.2, 0) is 4.79 Å². The minimum absolute atomic E-state index is 0.0938. The summed E-state index contributed by atoms with van der Waals surface area (Å²) in [6, 6.07) is 3.66. The highest BCUT2D eigenvalue weighted by molar-refractivity contribution is 6.43. The monoisotopic (exact) mass is 326 g/mol. The van der Waals surface area contributed by atoms with Crippen LogP contribution in [0.25, 0.3) is 10.9 Å². The fourth-order valence-electron chi connectivity index (χ4n) is 2.29. The van der Waals surface area contributed by atoms with Crippen LogP contribution in [0, 0.1) is 0 Å². The van der Waals surface area contributed by atoms with Gasteiger partial charge in [-0.3, -0.25) is 9.59 Å². The third-order valence-corrected chi connectivity index (χ3v) is 4.15. The van der Waals surface area contributed by atoms with Crippen molar-refractivity contribution in [3.05, 3.63) is 33.4 Å². The average molecular weight is 327 g/mol. The lowest BCUT2D eigenvalue weighted by molar-refractivity contribution is -0.135. The van der Waals surface area contributed by atoms with Crippen LogP contribution < -0.4 is 5.32 Å². The molecule has 1 saturated carbocycles. The van der Waals surface area contributed by atoms with E-state index in [0.717, 1.165) is 23.9 Å². The van der Waals surface area contributed by atoms with Gasteiger partial charge in [0.05, 0.1) is 21.1 Å². The normalized spacial score (nSPS) is 14.4. The smallest absolute Gasteiger partial charge is 0.322 e. The van der Waals surface area contributed by atoms with E-state index < -0.39 is 18.4 Å². The van der Waals surface area contributed by atoms with E-state index in [1.807, 2.05) is 6.07 Å². The molecule has 7 heteroatoms. The number of rotatable bonds is 4. The first-order valence-corrected chi connectivity index (χ1v) is 7.23. The second-order valence-corrected chi connectivity index (χ2v) is 5.87. The van der Waals surface area contributed by atoms with Gasteiger partial charge in [0.2, 0.25) is 0 Å². The van der Waals surface area contributed by atoms with E-state index in [1.54, 1.807) is 6.07 Å². The van der Waals surface area contributed by atoms with Crippen LogP contribution in [0.1, 0.15) is 34.8 Å². The SMILES string of the molecule is O=C(O)CNC(=O)c1c(Cl)cc2cc(C3CC3)[nH]c2c1Cl. The largest absolute Gasteiger partial charge is 0.480 e. The second kappa shape index (κ2) is 5.24. The molecule has 0 atom stereocenters. The van der Waals surface area contributed by atoms with E-state index in [1.165, 1.54) is 0 Å². The lowest BCUT2D eigenvalue weighted by Crippen LogP contribution is -2.29. The van der Waals surface area contributed by atoms with Crippen LogP contribution in [0.15, 0.2) is 12.1 Å². The molecule has 21 heavy (non-hydrogen) atoms. The molecule has 0 aliphatic heterocycles. The Balaban J connectivity index is 2.01. The van der Waals surface area contributed by atoms with Crippen molar-refractivity contribution in [3.8, 4) is 0 Å². The molecular weight excluding hydrogens is 315 g/mol. The van der Waals surface area contributed by atoms with Gasteiger partial charge in [-0.2, -0.15) is 0 Å². The zero-order valence-electron chi connectivity index (χ0n) is 10.9. The molecule has 110 valence electrons. The summed E-state index contributed by atoms with van der Waals surface area (Å²) in [6.45, 7) is -0.485. The summed E-state index contributed by atoms with van der Waals surface area (Å²) in [5, 5.41) is 12.1. The minimum atomic E-state index is -1.13. The van der Waals surface area contributed by atoms with Gasteiger partial charge in [-0.15, -0.1) is 0 Å². The fraction of sp³-hybridized carbons (Fsp3) is 0.286. The van der Waals surface area contributed by atoms with Crippen LogP contribution in [-0.4, -0.2) is 28.5 Å². The predicted molar refractivity (Wildman–Crippen MR) is 80.3 cm³/mol. The minimum Gasteiger partial charge on any atom is -0.480 e. The molecule has 1 aliphatic carbocycles. The Morgan fingerprint density at radius 2 is 2.05 bits per heavy atom. The van der Waals surface area contributed by atoms with Crippen molar-refractivity contribution >= 4 is 46.0 Å².